The highest BCUT2D eigenvalue weighted by Crippen LogP contribution is 2.06. The third kappa shape index (κ3) is 9.39. The van der Waals surface area contributed by atoms with Gasteiger partial charge in [0.1, 0.15) is 5.82 Å². The van der Waals surface area contributed by atoms with Gasteiger partial charge in [0.2, 0.25) is 12.8 Å². The molecule has 1 aliphatic rings. The van der Waals surface area contributed by atoms with Gasteiger partial charge >= 0.3 is 0 Å². The Morgan fingerprint density at radius 2 is 1.73 bits per heavy atom. The largest absolute Gasteiger partial charge is 0.352 e. The highest BCUT2D eigenvalue weighted by Gasteiger charge is 2.14. The van der Waals surface area contributed by atoms with Gasteiger partial charge in [0.25, 0.3) is 0 Å². The first-order chi connectivity index (χ1) is 10.7. The van der Waals surface area contributed by atoms with E-state index in [9.17, 15) is 18.0 Å². The average molecular weight is 318 g/mol. The summed E-state index contributed by atoms with van der Waals surface area (Å²) in [4.78, 5) is 13.8. The maximum atomic E-state index is 12.6. The van der Waals surface area contributed by atoms with E-state index in [0.29, 0.717) is 13.0 Å². The lowest BCUT2D eigenvalue weighted by molar-refractivity contribution is -0.121. The molecule has 126 valence electrons. The van der Waals surface area contributed by atoms with Gasteiger partial charge in [-0.15, -0.1) is 0 Å². The van der Waals surface area contributed by atoms with Gasteiger partial charge in [0.15, 0.2) is 0 Å². The van der Waals surface area contributed by atoms with E-state index in [2.05, 4.69) is 10.2 Å². The van der Waals surface area contributed by atoms with Crippen LogP contribution in [0.2, 0.25) is 0 Å². The Morgan fingerprint density at radius 3 is 2.18 bits per heavy atom. The summed E-state index contributed by atoms with van der Waals surface area (Å²) in [6.45, 7) is 5.80. The minimum atomic E-state index is -1.75. The maximum Gasteiger partial charge on any atom is 0.229 e. The first kappa shape index (κ1) is 20.4. The SMILES string of the molecule is CC.FCF.O=C(CCN1CCC1)NCc1ccc(F)cc1. The number of hydrogen-bond acceptors (Lipinski definition) is 2. The fraction of sp³-hybridized carbons (Fsp3) is 0.562. The van der Waals surface area contributed by atoms with Gasteiger partial charge < -0.3 is 10.2 Å². The van der Waals surface area contributed by atoms with Crippen LogP contribution < -0.4 is 5.32 Å². The van der Waals surface area contributed by atoms with Crippen molar-refractivity contribution >= 4 is 5.91 Å². The number of carbonyl (C=O) groups excluding carboxylic acids is 1. The molecule has 1 amide bonds. The maximum absolute atomic E-state index is 12.6. The molecule has 0 bridgehead atoms. The fourth-order valence-electron chi connectivity index (χ4n) is 1.76. The molecule has 1 N–H and O–H groups in total. The molecular formula is C16H25F3N2O. The van der Waals surface area contributed by atoms with Crippen LogP contribution in [0, 0.1) is 5.82 Å². The van der Waals surface area contributed by atoms with Gasteiger partial charge in [-0.05, 0) is 37.2 Å². The van der Waals surface area contributed by atoms with Crippen LogP contribution in [0.15, 0.2) is 24.3 Å². The number of carbonyl (C=O) groups is 1. The Labute approximate surface area is 130 Å². The molecule has 0 aliphatic carbocycles. The first-order valence-corrected chi connectivity index (χ1v) is 7.51. The number of likely N-dealkylation sites (tertiary alicyclic amines) is 1. The number of nitrogens with zero attached hydrogens (tertiary/aromatic N) is 1. The zero-order chi connectivity index (χ0) is 16.8. The highest BCUT2D eigenvalue weighted by molar-refractivity contribution is 5.76. The van der Waals surface area contributed by atoms with Crippen molar-refractivity contribution in [3.05, 3.63) is 35.6 Å². The van der Waals surface area contributed by atoms with Gasteiger partial charge in [-0.1, -0.05) is 26.0 Å². The number of nitrogens with one attached hydrogen (secondary N) is 1. The zero-order valence-electron chi connectivity index (χ0n) is 13.2. The second-order valence-corrected chi connectivity index (χ2v) is 4.45. The Balaban J connectivity index is 0.000000789. The summed E-state index contributed by atoms with van der Waals surface area (Å²) in [5, 5.41) is 2.83. The second-order valence-electron chi connectivity index (χ2n) is 4.45. The van der Waals surface area contributed by atoms with Crippen molar-refractivity contribution < 1.29 is 18.0 Å². The average Bonchev–Trinajstić information content (AvgIpc) is 2.48. The number of hydrogen-bond donors (Lipinski definition) is 1. The monoisotopic (exact) mass is 318 g/mol. The van der Waals surface area contributed by atoms with E-state index in [4.69, 9.17) is 0 Å². The van der Waals surface area contributed by atoms with Crippen LogP contribution >= 0.6 is 0 Å². The van der Waals surface area contributed by atoms with Gasteiger partial charge in [-0.3, -0.25) is 4.79 Å². The van der Waals surface area contributed by atoms with Crippen molar-refractivity contribution in [3.63, 3.8) is 0 Å². The molecule has 0 saturated carbocycles. The molecule has 0 radical (unpaired) electrons. The molecular weight excluding hydrogens is 293 g/mol. The van der Waals surface area contributed by atoms with E-state index in [1.807, 2.05) is 13.8 Å². The van der Waals surface area contributed by atoms with Crippen molar-refractivity contribution in [3.8, 4) is 0 Å². The van der Waals surface area contributed by atoms with Crippen molar-refractivity contribution in [2.24, 2.45) is 0 Å². The highest BCUT2D eigenvalue weighted by atomic mass is 19.3. The Kier molecular flexibility index (Phi) is 12.2. The van der Waals surface area contributed by atoms with Crippen LogP contribution in [0.25, 0.3) is 0 Å². The summed E-state index contributed by atoms with van der Waals surface area (Å²) in [5.74, 6) is -0.195. The summed E-state index contributed by atoms with van der Waals surface area (Å²) >= 11 is 0. The number of halogens is 3. The van der Waals surface area contributed by atoms with Crippen LogP contribution in [-0.2, 0) is 11.3 Å². The molecule has 1 heterocycles. The third-order valence-electron chi connectivity index (χ3n) is 3.01. The minimum absolute atomic E-state index is 0.0567. The number of amides is 1. The lowest BCUT2D eigenvalue weighted by Crippen LogP contribution is -2.39. The molecule has 1 aliphatic heterocycles. The molecule has 6 heteroatoms. The van der Waals surface area contributed by atoms with Crippen molar-refractivity contribution in [2.45, 2.75) is 33.2 Å². The van der Waals surface area contributed by atoms with E-state index < -0.39 is 6.93 Å². The molecule has 3 nitrogen and oxygen atoms in total. The van der Waals surface area contributed by atoms with Gasteiger partial charge in [0, 0.05) is 19.5 Å². The van der Waals surface area contributed by atoms with Gasteiger partial charge in [-0.2, -0.15) is 0 Å². The molecule has 0 aromatic heterocycles. The normalized spacial score (nSPS) is 13.0. The summed E-state index contributed by atoms with van der Waals surface area (Å²) < 4.78 is 31.9. The van der Waals surface area contributed by atoms with Crippen LogP contribution in [0.4, 0.5) is 13.2 Å². The zero-order valence-corrected chi connectivity index (χ0v) is 13.2. The Hall–Kier alpha value is -1.56. The molecule has 1 aromatic carbocycles. The van der Waals surface area contributed by atoms with Crippen molar-refractivity contribution in [1.29, 1.82) is 0 Å². The smallest absolute Gasteiger partial charge is 0.229 e. The fourth-order valence-corrected chi connectivity index (χ4v) is 1.76. The van der Waals surface area contributed by atoms with Crippen LogP contribution in [0.5, 0.6) is 0 Å². The number of rotatable bonds is 5. The summed E-state index contributed by atoms with van der Waals surface area (Å²) in [6, 6.07) is 6.18. The van der Waals surface area contributed by atoms with E-state index in [1.54, 1.807) is 12.1 Å². The van der Waals surface area contributed by atoms with Crippen molar-refractivity contribution in [2.75, 3.05) is 26.6 Å². The van der Waals surface area contributed by atoms with E-state index in [1.165, 1.54) is 18.6 Å². The molecule has 2 rings (SSSR count). The van der Waals surface area contributed by atoms with Crippen LogP contribution in [0.1, 0.15) is 32.3 Å². The molecule has 0 spiro atoms. The summed E-state index contributed by atoms with van der Waals surface area (Å²) in [7, 11) is 0. The van der Waals surface area contributed by atoms with Crippen LogP contribution in [-0.4, -0.2) is 37.4 Å². The minimum Gasteiger partial charge on any atom is -0.352 e. The molecule has 0 atom stereocenters. The molecule has 22 heavy (non-hydrogen) atoms. The van der Waals surface area contributed by atoms with Crippen molar-refractivity contribution in [1.82, 2.24) is 10.2 Å². The number of alkyl halides is 2. The lowest BCUT2D eigenvalue weighted by atomic mass is 10.2. The van der Waals surface area contributed by atoms with Gasteiger partial charge in [-0.25, -0.2) is 13.2 Å². The predicted molar refractivity (Wildman–Crippen MR) is 82.4 cm³/mol. The van der Waals surface area contributed by atoms with Gasteiger partial charge in [0.05, 0.1) is 0 Å². The lowest BCUT2D eigenvalue weighted by Gasteiger charge is -2.30. The van der Waals surface area contributed by atoms with E-state index in [-0.39, 0.29) is 11.7 Å². The third-order valence-corrected chi connectivity index (χ3v) is 3.01. The standard InChI is InChI=1S/C13H17FN2O.C2H6.CH2F2/c14-12-4-2-11(3-5-12)10-15-13(17)6-9-16-7-1-8-16;1-2;2-1-3/h2-5H,1,6-10H2,(H,15,17);1-2H3;1H2. The Morgan fingerprint density at radius 1 is 1.18 bits per heavy atom. The molecule has 0 unspecified atom stereocenters. The summed E-state index contributed by atoms with van der Waals surface area (Å²) in [6.07, 6.45) is 1.79. The Bertz CT molecular complexity index is 395. The van der Waals surface area contributed by atoms with E-state index in [0.717, 1.165) is 25.2 Å². The first-order valence-electron chi connectivity index (χ1n) is 7.51. The molecule has 1 saturated heterocycles. The molecule has 1 aromatic rings. The summed E-state index contributed by atoms with van der Waals surface area (Å²) in [5.41, 5.74) is 0.920. The quantitative estimate of drug-likeness (QED) is 0.902. The number of benzene rings is 1. The van der Waals surface area contributed by atoms with Crippen LogP contribution in [0.3, 0.4) is 0 Å². The van der Waals surface area contributed by atoms with E-state index >= 15 is 0 Å². The predicted octanol–water partition coefficient (Wildman–Crippen LogP) is 3.45. The topological polar surface area (TPSA) is 32.3 Å². The second kappa shape index (κ2) is 13.1. The molecule has 1 fully saturated rings.